The van der Waals surface area contributed by atoms with Crippen LogP contribution in [0.25, 0.3) is 11.1 Å². The van der Waals surface area contributed by atoms with Gasteiger partial charge in [-0.1, -0.05) is 54.6 Å². The number of rotatable bonds is 0. The molecule has 0 saturated heterocycles. The number of benzene rings is 3. The smallest absolute Gasteiger partial charge is 0.0526 e. The number of anilines is 2. The first-order valence-electron chi connectivity index (χ1n) is 7.87. The Morgan fingerprint density at radius 1 is 0.682 bits per heavy atom. The summed E-state index contributed by atoms with van der Waals surface area (Å²) in [5.74, 6) is 0. The van der Waals surface area contributed by atoms with Crippen LogP contribution in [0.1, 0.15) is 22.3 Å². The minimum Gasteiger partial charge on any atom is -0.344 e. The lowest BCUT2D eigenvalue weighted by molar-refractivity contribution is 1.05. The van der Waals surface area contributed by atoms with Gasteiger partial charge in [0.05, 0.1) is 5.69 Å². The van der Waals surface area contributed by atoms with E-state index in [0.29, 0.717) is 0 Å². The van der Waals surface area contributed by atoms with E-state index in [2.05, 4.69) is 72.6 Å². The molecule has 3 aromatic rings. The van der Waals surface area contributed by atoms with Gasteiger partial charge in [-0.2, -0.15) is 0 Å². The average molecular weight is 283 g/mol. The Morgan fingerprint density at radius 3 is 2.27 bits per heavy atom. The molecule has 0 N–H and O–H groups in total. The van der Waals surface area contributed by atoms with Crippen LogP contribution in [0, 0.1) is 0 Å². The van der Waals surface area contributed by atoms with Gasteiger partial charge in [-0.05, 0) is 40.3 Å². The van der Waals surface area contributed by atoms with Crippen molar-refractivity contribution >= 4 is 11.4 Å². The molecular weight excluding hydrogens is 266 g/mol. The first-order valence-corrected chi connectivity index (χ1v) is 7.87. The largest absolute Gasteiger partial charge is 0.344 e. The minimum atomic E-state index is 1.03. The fourth-order valence-electron chi connectivity index (χ4n) is 4.09. The second kappa shape index (κ2) is 4.23. The lowest BCUT2D eigenvalue weighted by atomic mass is 9.90. The van der Waals surface area contributed by atoms with E-state index < -0.39 is 0 Å². The van der Waals surface area contributed by atoms with E-state index in [9.17, 15) is 0 Å². The predicted octanol–water partition coefficient (Wildman–Crippen LogP) is 4.93. The van der Waals surface area contributed by atoms with Gasteiger partial charge in [0.2, 0.25) is 0 Å². The Hall–Kier alpha value is -2.54. The van der Waals surface area contributed by atoms with Gasteiger partial charge >= 0.3 is 0 Å². The van der Waals surface area contributed by atoms with Gasteiger partial charge in [-0.15, -0.1) is 0 Å². The molecule has 3 aromatic carbocycles. The minimum absolute atomic E-state index is 1.03. The SMILES string of the molecule is CN1c2ccccc2Cc2ccc3c(c21)-c1ccccc1C3. The van der Waals surface area contributed by atoms with Crippen LogP contribution in [0.15, 0.2) is 60.7 Å². The lowest BCUT2D eigenvalue weighted by Gasteiger charge is -2.32. The highest BCUT2D eigenvalue weighted by atomic mass is 15.1. The fraction of sp³-hybridized carbons (Fsp3) is 0.143. The molecule has 1 aliphatic heterocycles. The fourth-order valence-corrected chi connectivity index (χ4v) is 4.09. The molecule has 0 unspecified atom stereocenters. The zero-order valence-corrected chi connectivity index (χ0v) is 12.6. The monoisotopic (exact) mass is 283 g/mol. The summed E-state index contributed by atoms with van der Waals surface area (Å²) < 4.78 is 0. The van der Waals surface area contributed by atoms with Crippen molar-refractivity contribution in [3.8, 4) is 11.1 Å². The molecule has 106 valence electrons. The van der Waals surface area contributed by atoms with Crippen molar-refractivity contribution in [2.75, 3.05) is 11.9 Å². The van der Waals surface area contributed by atoms with Crippen LogP contribution in [0.3, 0.4) is 0 Å². The zero-order chi connectivity index (χ0) is 14.7. The number of hydrogen-bond acceptors (Lipinski definition) is 1. The zero-order valence-electron chi connectivity index (χ0n) is 12.6. The van der Waals surface area contributed by atoms with Gasteiger partial charge in [0.15, 0.2) is 0 Å². The normalized spacial score (nSPS) is 14.1. The molecule has 0 saturated carbocycles. The molecule has 22 heavy (non-hydrogen) atoms. The third kappa shape index (κ3) is 1.48. The van der Waals surface area contributed by atoms with Crippen LogP contribution in [0.4, 0.5) is 11.4 Å². The highest BCUT2D eigenvalue weighted by Gasteiger charge is 2.28. The van der Waals surface area contributed by atoms with Crippen molar-refractivity contribution < 1.29 is 0 Å². The van der Waals surface area contributed by atoms with Crippen LogP contribution >= 0.6 is 0 Å². The summed E-state index contributed by atoms with van der Waals surface area (Å²) in [4.78, 5) is 2.38. The summed E-state index contributed by atoms with van der Waals surface area (Å²) in [7, 11) is 2.21. The third-order valence-corrected chi connectivity index (χ3v) is 5.08. The molecule has 1 aliphatic carbocycles. The number of fused-ring (bicyclic) bond motifs is 6. The molecule has 0 aromatic heterocycles. The van der Waals surface area contributed by atoms with Gasteiger partial charge in [0.1, 0.15) is 0 Å². The Kier molecular flexibility index (Phi) is 2.32. The Labute approximate surface area is 130 Å². The van der Waals surface area contributed by atoms with Crippen LogP contribution in [-0.2, 0) is 12.8 Å². The predicted molar refractivity (Wildman–Crippen MR) is 92.0 cm³/mol. The van der Waals surface area contributed by atoms with Crippen LogP contribution in [-0.4, -0.2) is 7.05 Å². The molecule has 1 heterocycles. The van der Waals surface area contributed by atoms with Crippen LogP contribution < -0.4 is 4.90 Å². The van der Waals surface area contributed by atoms with E-state index in [-0.39, 0.29) is 0 Å². The number of hydrogen-bond donors (Lipinski definition) is 0. The van der Waals surface area contributed by atoms with Gasteiger partial charge in [0, 0.05) is 24.7 Å². The van der Waals surface area contributed by atoms with Crippen LogP contribution in [0.5, 0.6) is 0 Å². The molecule has 0 amide bonds. The van der Waals surface area contributed by atoms with Crippen molar-refractivity contribution in [3.05, 3.63) is 82.9 Å². The molecule has 0 bridgehead atoms. The Bertz CT molecular complexity index is 908. The first kappa shape index (κ1) is 12.0. The van der Waals surface area contributed by atoms with Crippen LogP contribution in [0.2, 0.25) is 0 Å². The highest BCUT2D eigenvalue weighted by molar-refractivity contribution is 5.93. The van der Waals surface area contributed by atoms with Crippen molar-refractivity contribution in [3.63, 3.8) is 0 Å². The Morgan fingerprint density at radius 2 is 1.36 bits per heavy atom. The molecule has 5 rings (SSSR count). The van der Waals surface area contributed by atoms with Gasteiger partial charge in [-0.3, -0.25) is 0 Å². The molecule has 1 heteroatoms. The van der Waals surface area contributed by atoms with Gasteiger partial charge in [0.25, 0.3) is 0 Å². The summed E-state index contributed by atoms with van der Waals surface area (Å²) in [5, 5.41) is 0. The summed E-state index contributed by atoms with van der Waals surface area (Å²) in [6, 6.07) is 22.3. The lowest BCUT2D eigenvalue weighted by Crippen LogP contribution is -2.19. The van der Waals surface area contributed by atoms with E-state index >= 15 is 0 Å². The van der Waals surface area contributed by atoms with E-state index in [4.69, 9.17) is 0 Å². The summed E-state index contributed by atoms with van der Waals surface area (Å²) in [5.41, 5.74) is 11.4. The quantitative estimate of drug-likeness (QED) is 0.442. The number of para-hydroxylation sites is 1. The molecular formula is C21H17N. The van der Waals surface area contributed by atoms with Crippen molar-refractivity contribution in [2.24, 2.45) is 0 Å². The van der Waals surface area contributed by atoms with Gasteiger partial charge in [-0.25, -0.2) is 0 Å². The third-order valence-electron chi connectivity index (χ3n) is 5.08. The van der Waals surface area contributed by atoms with E-state index in [1.807, 2.05) is 0 Å². The maximum Gasteiger partial charge on any atom is 0.0526 e. The second-order valence-corrected chi connectivity index (χ2v) is 6.31. The molecule has 0 spiro atoms. The van der Waals surface area contributed by atoms with E-state index in [1.54, 1.807) is 0 Å². The highest BCUT2D eigenvalue weighted by Crippen LogP contribution is 2.48. The van der Waals surface area contributed by atoms with Gasteiger partial charge < -0.3 is 4.90 Å². The first-order chi connectivity index (χ1) is 10.8. The van der Waals surface area contributed by atoms with E-state index in [0.717, 1.165) is 12.8 Å². The topological polar surface area (TPSA) is 3.24 Å². The Balaban J connectivity index is 1.80. The molecule has 0 atom stereocenters. The summed E-state index contributed by atoms with van der Waals surface area (Å²) >= 11 is 0. The molecule has 1 nitrogen and oxygen atoms in total. The van der Waals surface area contributed by atoms with Crippen molar-refractivity contribution in [1.82, 2.24) is 0 Å². The molecule has 0 fully saturated rings. The standard InChI is InChI=1S/C21H17N/c1-22-19-9-5-3-7-15(19)13-17-11-10-16-12-14-6-2-4-8-18(14)20(16)21(17)22/h2-11H,12-13H2,1H3. The summed E-state index contributed by atoms with van der Waals surface area (Å²) in [6.45, 7) is 0. The van der Waals surface area contributed by atoms with Crippen molar-refractivity contribution in [1.29, 1.82) is 0 Å². The van der Waals surface area contributed by atoms with E-state index in [1.165, 1.54) is 44.8 Å². The average Bonchev–Trinajstić information content (AvgIpc) is 2.93. The maximum atomic E-state index is 2.38. The second-order valence-electron chi connectivity index (χ2n) is 6.31. The van der Waals surface area contributed by atoms with Crippen molar-refractivity contribution in [2.45, 2.75) is 12.8 Å². The molecule has 2 aliphatic rings. The summed E-state index contributed by atoms with van der Waals surface area (Å²) in [6.07, 6.45) is 2.10. The molecule has 0 radical (unpaired) electrons. The number of nitrogens with zero attached hydrogens (tertiary/aromatic N) is 1. The maximum absolute atomic E-state index is 2.38.